The summed E-state index contributed by atoms with van der Waals surface area (Å²) in [5.41, 5.74) is 2.79. The van der Waals surface area contributed by atoms with E-state index in [1.165, 1.54) is 11.9 Å². The van der Waals surface area contributed by atoms with Gasteiger partial charge in [-0.3, -0.25) is 4.79 Å². The topological polar surface area (TPSA) is 63.9 Å². The summed E-state index contributed by atoms with van der Waals surface area (Å²) in [6.07, 6.45) is 2.49. The van der Waals surface area contributed by atoms with Crippen LogP contribution in [0.4, 0.5) is 0 Å². The highest BCUT2D eigenvalue weighted by atomic mass is 32.2. The molecule has 2 aromatic carbocycles. The molecule has 1 fully saturated rings. The first-order valence-corrected chi connectivity index (χ1v) is 9.65. The summed E-state index contributed by atoms with van der Waals surface area (Å²) in [7, 11) is 0. The molecule has 1 aliphatic rings. The lowest BCUT2D eigenvalue weighted by Crippen LogP contribution is -2.33. The van der Waals surface area contributed by atoms with Gasteiger partial charge in [-0.15, -0.1) is 5.10 Å². The maximum absolute atomic E-state index is 13.0. The fourth-order valence-corrected chi connectivity index (χ4v) is 4.38. The van der Waals surface area contributed by atoms with E-state index in [0.717, 1.165) is 31.0 Å². The van der Waals surface area contributed by atoms with E-state index in [1.54, 1.807) is 4.68 Å². The Balaban J connectivity index is 1.48. The largest absolute Gasteiger partial charge is 0.338 e. The van der Waals surface area contributed by atoms with Crippen LogP contribution in [0.25, 0.3) is 5.69 Å². The van der Waals surface area contributed by atoms with Crippen molar-refractivity contribution in [1.29, 1.82) is 0 Å². The summed E-state index contributed by atoms with van der Waals surface area (Å²) in [6.45, 7) is 1.53. The smallest absolute Gasteiger partial charge is 0.253 e. The van der Waals surface area contributed by atoms with Crippen LogP contribution >= 0.6 is 11.8 Å². The van der Waals surface area contributed by atoms with Gasteiger partial charge in [0.1, 0.15) is 6.33 Å². The van der Waals surface area contributed by atoms with Gasteiger partial charge in [-0.2, -0.15) is 11.8 Å². The molecule has 0 aliphatic carbocycles. The van der Waals surface area contributed by atoms with Gasteiger partial charge >= 0.3 is 0 Å². The zero-order valence-corrected chi connectivity index (χ0v) is 15.0. The second kappa shape index (κ2) is 7.70. The van der Waals surface area contributed by atoms with E-state index in [0.29, 0.717) is 10.8 Å². The number of nitrogens with zero attached hydrogens (tertiary/aromatic N) is 5. The van der Waals surface area contributed by atoms with Crippen LogP contribution in [0, 0.1) is 0 Å². The Bertz CT molecular complexity index is 869. The Morgan fingerprint density at radius 3 is 2.77 bits per heavy atom. The number of carbonyl (C=O) groups is 1. The third kappa shape index (κ3) is 3.62. The Morgan fingerprint density at radius 1 is 1.08 bits per heavy atom. The molecule has 1 atom stereocenters. The Labute approximate surface area is 156 Å². The van der Waals surface area contributed by atoms with Gasteiger partial charge in [0, 0.05) is 29.7 Å². The van der Waals surface area contributed by atoms with Crippen molar-refractivity contribution < 1.29 is 4.79 Å². The molecule has 0 spiro atoms. The van der Waals surface area contributed by atoms with Crippen molar-refractivity contribution in [2.75, 3.05) is 18.8 Å². The average molecular weight is 365 g/mol. The second-order valence-electron chi connectivity index (χ2n) is 6.16. The third-order valence-corrected chi connectivity index (χ3v) is 5.84. The minimum absolute atomic E-state index is 0.0641. The van der Waals surface area contributed by atoms with Crippen LogP contribution in [0.1, 0.15) is 27.6 Å². The minimum atomic E-state index is 0.0641. The number of thioether (sulfide) groups is 1. The van der Waals surface area contributed by atoms with E-state index in [4.69, 9.17) is 0 Å². The summed E-state index contributed by atoms with van der Waals surface area (Å²) in [5.74, 6) is 1.01. The van der Waals surface area contributed by atoms with Crippen molar-refractivity contribution in [3.63, 3.8) is 0 Å². The molecule has 0 N–H and O–H groups in total. The van der Waals surface area contributed by atoms with E-state index in [-0.39, 0.29) is 5.91 Å². The van der Waals surface area contributed by atoms with E-state index < -0.39 is 0 Å². The van der Waals surface area contributed by atoms with Gasteiger partial charge in [0.05, 0.1) is 5.69 Å². The molecule has 1 amide bonds. The highest BCUT2D eigenvalue weighted by molar-refractivity contribution is 7.99. The van der Waals surface area contributed by atoms with Gasteiger partial charge in [0.15, 0.2) is 0 Å². The van der Waals surface area contributed by atoms with E-state index >= 15 is 0 Å². The summed E-state index contributed by atoms with van der Waals surface area (Å²) < 4.78 is 1.56. The molecule has 1 unspecified atom stereocenters. The molecule has 6 nitrogen and oxygen atoms in total. The molecule has 1 saturated heterocycles. The van der Waals surface area contributed by atoms with E-state index in [1.807, 2.05) is 47.0 Å². The van der Waals surface area contributed by atoms with Gasteiger partial charge in [-0.1, -0.05) is 36.4 Å². The number of carbonyl (C=O) groups excluding carboxylic acids is 1. The van der Waals surface area contributed by atoms with Crippen molar-refractivity contribution in [3.05, 3.63) is 72.1 Å². The van der Waals surface area contributed by atoms with Crippen molar-refractivity contribution >= 4 is 17.7 Å². The first kappa shape index (κ1) is 16.8. The lowest BCUT2D eigenvalue weighted by molar-refractivity contribution is 0.0766. The summed E-state index contributed by atoms with van der Waals surface area (Å²) in [5, 5.41) is 11.6. The van der Waals surface area contributed by atoms with Crippen LogP contribution in [-0.4, -0.2) is 49.9 Å². The molecule has 26 heavy (non-hydrogen) atoms. The third-order valence-electron chi connectivity index (χ3n) is 4.51. The molecule has 1 aliphatic heterocycles. The summed E-state index contributed by atoms with van der Waals surface area (Å²) >= 11 is 1.93. The van der Waals surface area contributed by atoms with Gasteiger partial charge in [0.25, 0.3) is 5.91 Å². The monoisotopic (exact) mass is 365 g/mol. The minimum Gasteiger partial charge on any atom is -0.338 e. The van der Waals surface area contributed by atoms with Gasteiger partial charge in [0.2, 0.25) is 0 Å². The number of hydrogen-bond donors (Lipinski definition) is 0. The molecule has 7 heteroatoms. The van der Waals surface area contributed by atoms with E-state index in [9.17, 15) is 4.79 Å². The Kier molecular flexibility index (Phi) is 4.97. The van der Waals surface area contributed by atoms with Crippen LogP contribution in [0.15, 0.2) is 60.9 Å². The number of hydrogen-bond acceptors (Lipinski definition) is 5. The SMILES string of the molecule is O=C(c1cccc(-n2cnnn2)c1)N1CCSC(c2ccccc2)CC1. The summed E-state index contributed by atoms with van der Waals surface area (Å²) in [4.78, 5) is 14.9. The highest BCUT2D eigenvalue weighted by Gasteiger charge is 2.23. The molecule has 0 radical (unpaired) electrons. The fourth-order valence-electron chi connectivity index (χ4n) is 3.15. The number of aromatic nitrogens is 4. The van der Waals surface area contributed by atoms with E-state index in [2.05, 4.69) is 39.8 Å². The van der Waals surface area contributed by atoms with Crippen LogP contribution in [0.3, 0.4) is 0 Å². The molecule has 2 heterocycles. The number of tetrazole rings is 1. The lowest BCUT2D eigenvalue weighted by Gasteiger charge is -2.20. The Hall–Kier alpha value is -2.67. The first-order chi connectivity index (χ1) is 12.8. The van der Waals surface area contributed by atoms with Crippen LogP contribution in [0.2, 0.25) is 0 Å². The average Bonchev–Trinajstić information content (AvgIpc) is 3.13. The van der Waals surface area contributed by atoms with Gasteiger partial charge in [-0.05, 0) is 40.6 Å². The van der Waals surface area contributed by atoms with Gasteiger partial charge in [-0.25, -0.2) is 4.68 Å². The normalized spacial score (nSPS) is 17.7. The Morgan fingerprint density at radius 2 is 1.96 bits per heavy atom. The number of rotatable bonds is 3. The molecule has 132 valence electrons. The molecule has 3 aromatic rings. The second-order valence-corrected chi connectivity index (χ2v) is 7.47. The summed E-state index contributed by atoms with van der Waals surface area (Å²) in [6, 6.07) is 18.0. The number of amides is 1. The standard InChI is InChI=1S/C19H19N5OS/c25-19(16-7-4-8-17(13-16)24-14-20-21-22-24)23-10-9-18(26-12-11-23)15-5-2-1-3-6-15/h1-8,13-14,18H,9-12H2. The molecule has 0 bridgehead atoms. The highest BCUT2D eigenvalue weighted by Crippen LogP contribution is 2.34. The molecule has 1 aromatic heterocycles. The quantitative estimate of drug-likeness (QED) is 0.714. The van der Waals surface area contributed by atoms with Crippen LogP contribution in [-0.2, 0) is 0 Å². The van der Waals surface area contributed by atoms with Crippen molar-refractivity contribution in [1.82, 2.24) is 25.1 Å². The van der Waals surface area contributed by atoms with Crippen molar-refractivity contribution in [2.24, 2.45) is 0 Å². The zero-order valence-electron chi connectivity index (χ0n) is 14.2. The van der Waals surface area contributed by atoms with Crippen molar-refractivity contribution in [2.45, 2.75) is 11.7 Å². The molecule has 0 saturated carbocycles. The lowest BCUT2D eigenvalue weighted by atomic mass is 10.1. The molecule has 4 rings (SSSR count). The molecular formula is C19H19N5OS. The fraction of sp³-hybridized carbons (Fsp3) is 0.263. The predicted octanol–water partition coefficient (Wildman–Crippen LogP) is 2.98. The first-order valence-electron chi connectivity index (χ1n) is 8.60. The van der Waals surface area contributed by atoms with Gasteiger partial charge < -0.3 is 4.90 Å². The van der Waals surface area contributed by atoms with Crippen molar-refractivity contribution in [3.8, 4) is 5.69 Å². The zero-order chi connectivity index (χ0) is 17.8. The maximum atomic E-state index is 13.0. The van der Waals surface area contributed by atoms with Crippen LogP contribution < -0.4 is 0 Å². The number of benzene rings is 2. The maximum Gasteiger partial charge on any atom is 0.253 e. The van der Waals surface area contributed by atoms with Crippen LogP contribution in [0.5, 0.6) is 0 Å². The molecular weight excluding hydrogens is 346 g/mol. The predicted molar refractivity (Wildman–Crippen MR) is 101 cm³/mol.